The number of carbonyl (C=O) groups is 2. The molecule has 0 saturated carbocycles. The molecule has 3 rings (SSSR count). The lowest BCUT2D eigenvalue weighted by molar-refractivity contribution is -0.255. The number of hydrogen-bond acceptors (Lipinski definition) is 7. The van der Waals surface area contributed by atoms with Crippen molar-refractivity contribution >= 4 is 51.4 Å². The highest BCUT2D eigenvalue weighted by atomic mass is 32.2. The summed E-state index contributed by atoms with van der Waals surface area (Å²) in [5.41, 5.74) is 3.66. The molecule has 0 aliphatic carbocycles. The third-order valence-electron chi connectivity index (χ3n) is 3.17. The topological polar surface area (TPSA) is 94.5 Å². The minimum atomic E-state index is -1.29. The van der Waals surface area contributed by atoms with Gasteiger partial charge in [0.25, 0.3) is 5.91 Å². The van der Waals surface area contributed by atoms with E-state index in [0.29, 0.717) is 5.56 Å². The molecular formula is C17H12N3O3S2-. The minimum absolute atomic E-state index is 0.0179. The molecule has 126 valence electrons. The molecule has 0 fully saturated rings. The summed E-state index contributed by atoms with van der Waals surface area (Å²) in [6.45, 7) is 0. The summed E-state index contributed by atoms with van der Waals surface area (Å²) in [6.07, 6.45) is 1.28. The first-order chi connectivity index (χ1) is 12.1. The van der Waals surface area contributed by atoms with E-state index in [1.807, 2.05) is 24.3 Å². The zero-order chi connectivity index (χ0) is 17.6. The van der Waals surface area contributed by atoms with Crippen molar-refractivity contribution in [1.82, 2.24) is 10.4 Å². The molecule has 8 heteroatoms. The van der Waals surface area contributed by atoms with Gasteiger partial charge in [0.2, 0.25) is 0 Å². The second-order valence-electron chi connectivity index (χ2n) is 4.90. The summed E-state index contributed by atoms with van der Waals surface area (Å²) in [7, 11) is 0. The largest absolute Gasteiger partial charge is 0.545 e. The standard InChI is InChI=1S/C17H13N3O3S2/c21-15(10-24-17-19-13-7-3-4-8-14(13)25-17)20-18-9-11-5-1-2-6-12(11)16(22)23/h1-9H,10H2,(H,20,21)(H,22,23)/p-1/b18-9+. The van der Waals surface area contributed by atoms with Crippen LogP contribution < -0.4 is 10.5 Å². The molecule has 1 aromatic heterocycles. The average molecular weight is 370 g/mol. The van der Waals surface area contributed by atoms with Crippen LogP contribution in [0, 0.1) is 0 Å². The SMILES string of the molecule is O=C(CSc1nc2ccccc2s1)N/N=C/c1ccccc1C(=O)[O-]. The van der Waals surface area contributed by atoms with Gasteiger partial charge in [-0.3, -0.25) is 4.79 Å². The summed E-state index contributed by atoms with van der Waals surface area (Å²) in [5, 5.41) is 14.8. The number of para-hydroxylation sites is 1. The Bertz CT molecular complexity index is 920. The number of aromatic carboxylic acids is 1. The number of hydrogen-bond donors (Lipinski definition) is 1. The highest BCUT2D eigenvalue weighted by molar-refractivity contribution is 8.01. The number of hydrazone groups is 1. The molecule has 0 bridgehead atoms. The summed E-state index contributed by atoms with van der Waals surface area (Å²) in [6, 6.07) is 14.0. The second kappa shape index (κ2) is 7.91. The number of thiazole rings is 1. The van der Waals surface area contributed by atoms with E-state index in [-0.39, 0.29) is 17.2 Å². The van der Waals surface area contributed by atoms with Gasteiger partial charge >= 0.3 is 0 Å². The maximum absolute atomic E-state index is 11.8. The smallest absolute Gasteiger partial charge is 0.250 e. The van der Waals surface area contributed by atoms with Crippen LogP contribution in [0.25, 0.3) is 10.2 Å². The number of thioether (sulfide) groups is 1. The second-order valence-corrected chi connectivity index (χ2v) is 7.16. The van der Waals surface area contributed by atoms with Crippen LogP contribution in [-0.2, 0) is 4.79 Å². The van der Waals surface area contributed by atoms with Crippen LogP contribution in [0.4, 0.5) is 0 Å². The Kier molecular flexibility index (Phi) is 5.42. The van der Waals surface area contributed by atoms with Gasteiger partial charge in [-0.15, -0.1) is 11.3 Å². The Balaban J connectivity index is 1.55. The Morgan fingerprint density at radius 1 is 1.20 bits per heavy atom. The van der Waals surface area contributed by atoms with Crippen LogP contribution in [-0.4, -0.2) is 28.8 Å². The van der Waals surface area contributed by atoms with Crippen molar-refractivity contribution in [3.05, 3.63) is 59.7 Å². The van der Waals surface area contributed by atoms with Crippen molar-refractivity contribution in [2.45, 2.75) is 4.34 Å². The van der Waals surface area contributed by atoms with Crippen LogP contribution in [0.5, 0.6) is 0 Å². The van der Waals surface area contributed by atoms with Gasteiger partial charge in [-0.25, -0.2) is 10.4 Å². The van der Waals surface area contributed by atoms with Crippen molar-refractivity contribution in [3.63, 3.8) is 0 Å². The maximum Gasteiger partial charge on any atom is 0.250 e. The van der Waals surface area contributed by atoms with Gasteiger partial charge in [-0.1, -0.05) is 48.2 Å². The molecule has 0 spiro atoms. The molecule has 0 atom stereocenters. The van der Waals surface area contributed by atoms with Gasteiger partial charge < -0.3 is 9.90 Å². The zero-order valence-electron chi connectivity index (χ0n) is 12.8. The Hall–Kier alpha value is -2.71. The van der Waals surface area contributed by atoms with Crippen molar-refractivity contribution in [3.8, 4) is 0 Å². The highest BCUT2D eigenvalue weighted by Crippen LogP contribution is 2.28. The number of nitrogens with one attached hydrogen (secondary N) is 1. The van der Waals surface area contributed by atoms with Crippen molar-refractivity contribution in [2.24, 2.45) is 5.10 Å². The Morgan fingerprint density at radius 3 is 2.76 bits per heavy atom. The first-order valence-corrected chi connectivity index (χ1v) is 9.04. The molecule has 0 saturated heterocycles. The molecule has 1 N–H and O–H groups in total. The number of carboxylic acid groups (broad SMARTS) is 1. The molecular weight excluding hydrogens is 358 g/mol. The van der Waals surface area contributed by atoms with E-state index in [1.165, 1.54) is 35.4 Å². The quantitative estimate of drug-likeness (QED) is 0.406. The fourth-order valence-corrected chi connectivity index (χ4v) is 3.90. The van der Waals surface area contributed by atoms with Crippen LogP contribution in [0.1, 0.15) is 15.9 Å². The van der Waals surface area contributed by atoms with Gasteiger partial charge in [-0.2, -0.15) is 5.10 Å². The van der Waals surface area contributed by atoms with Crippen LogP contribution in [0.2, 0.25) is 0 Å². The first kappa shape index (κ1) is 17.1. The molecule has 0 radical (unpaired) electrons. The maximum atomic E-state index is 11.8. The first-order valence-electron chi connectivity index (χ1n) is 7.24. The molecule has 1 heterocycles. The van der Waals surface area contributed by atoms with E-state index < -0.39 is 5.97 Å². The number of nitrogens with zero attached hydrogens (tertiary/aromatic N) is 2. The van der Waals surface area contributed by atoms with E-state index in [2.05, 4.69) is 15.5 Å². The third-order valence-corrected chi connectivity index (χ3v) is 5.35. The molecule has 6 nitrogen and oxygen atoms in total. The van der Waals surface area contributed by atoms with Gasteiger partial charge in [0.05, 0.1) is 28.2 Å². The molecule has 0 aliphatic heterocycles. The van der Waals surface area contributed by atoms with E-state index in [9.17, 15) is 14.7 Å². The molecule has 1 amide bonds. The van der Waals surface area contributed by atoms with Gasteiger partial charge in [-0.05, 0) is 12.1 Å². The van der Waals surface area contributed by atoms with Gasteiger partial charge in [0.1, 0.15) is 0 Å². The number of rotatable bonds is 6. The summed E-state index contributed by atoms with van der Waals surface area (Å²) in [5.74, 6) is -1.43. The number of carboxylic acids is 1. The number of amides is 1. The van der Waals surface area contributed by atoms with Crippen molar-refractivity contribution in [1.29, 1.82) is 0 Å². The zero-order valence-corrected chi connectivity index (χ0v) is 14.5. The number of carbonyl (C=O) groups excluding carboxylic acids is 2. The van der Waals surface area contributed by atoms with Crippen molar-refractivity contribution in [2.75, 3.05) is 5.75 Å². The van der Waals surface area contributed by atoms with Crippen LogP contribution in [0.3, 0.4) is 0 Å². The lowest BCUT2D eigenvalue weighted by Gasteiger charge is -2.05. The van der Waals surface area contributed by atoms with Crippen molar-refractivity contribution < 1.29 is 14.7 Å². The van der Waals surface area contributed by atoms with Gasteiger partial charge in [0.15, 0.2) is 4.34 Å². The number of aromatic nitrogens is 1. The van der Waals surface area contributed by atoms with Crippen LogP contribution >= 0.6 is 23.1 Å². The third kappa shape index (κ3) is 4.43. The minimum Gasteiger partial charge on any atom is -0.545 e. The predicted octanol–water partition coefficient (Wildman–Crippen LogP) is 1.90. The Labute approximate surface area is 151 Å². The molecule has 0 aliphatic rings. The van der Waals surface area contributed by atoms with Gasteiger partial charge in [0, 0.05) is 11.1 Å². The summed E-state index contributed by atoms with van der Waals surface area (Å²) < 4.78 is 1.88. The number of benzene rings is 2. The molecule has 25 heavy (non-hydrogen) atoms. The summed E-state index contributed by atoms with van der Waals surface area (Å²) in [4.78, 5) is 27.3. The lowest BCUT2D eigenvalue weighted by Crippen LogP contribution is -2.24. The van der Waals surface area contributed by atoms with E-state index >= 15 is 0 Å². The van der Waals surface area contributed by atoms with E-state index in [4.69, 9.17) is 0 Å². The normalized spacial score (nSPS) is 11.0. The van der Waals surface area contributed by atoms with E-state index in [1.54, 1.807) is 18.2 Å². The fraction of sp³-hybridized carbons (Fsp3) is 0.0588. The lowest BCUT2D eigenvalue weighted by atomic mass is 10.1. The molecule has 0 unspecified atom stereocenters. The molecule has 2 aromatic carbocycles. The fourth-order valence-electron chi connectivity index (χ4n) is 2.04. The number of fused-ring (bicyclic) bond motifs is 1. The summed E-state index contributed by atoms with van der Waals surface area (Å²) >= 11 is 2.85. The van der Waals surface area contributed by atoms with E-state index in [0.717, 1.165) is 14.6 Å². The average Bonchev–Trinajstić information content (AvgIpc) is 3.03. The highest BCUT2D eigenvalue weighted by Gasteiger charge is 2.07. The van der Waals surface area contributed by atoms with Crippen LogP contribution in [0.15, 0.2) is 58.0 Å². The Morgan fingerprint density at radius 2 is 1.96 bits per heavy atom. The molecule has 3 aromatic rings. The monoisotopic (exact) mass is 370 g/mol. The predicted molar refractivity (Wildman–Crippen MR) is 96.9 cm³/mol.